The van der Waals surface area contributed by atoms with Gasteiger partial charge in [-0.2, -0.15) is 0 Å². The summed E-state index contributed by atoms with van der Waals surface area (Å²) in [6.07, 6.45) is 0.531. The third-order valence-corrected chi connectivity index (χ3v) is 3.28. The standard InChI is InChI=1S/C15H21NO4/c1-10(2)9-13(15(17)19-4)16-14(20-16)11-5-7-12(18-3)8-6-11/h5-8,10,13-14H,9H2,1-4H3/t13-,14?,16?/m0/s1. The Bertz CT molecular complexity index is 457. The van der Waals surface area contributed by atoms with Crippen LogP contribution in [-0.4, -0.2) is 31.3 Å². The number of carbonyl (C=O) groups excluding carboxylic acids is 1. The molecule has 0 aromatic heterocycles. The van der Waals surface area contributed by atoms with Gasteiger partial charge < -0.3 is 9.47 Å². The Kier molecular flexibility index (Phi) is 4.62. The predicted molar refractivity (Wildman–Crippen MR) is 73.9 cm³/mol. The molecule has 2 unspecified atom stereocenters. The molecule has 2 rings (SSSR count). The molecule has 110 valence electrons. The SMILES string of the molecule is COC(=O)[C@H](CC(C)C)N1OC1c1ccc(OC)cc1. The van der Waals surface area contributed by atoms with Crippen molar-refractivity contribution in [1.82, 2.24) is 5.06 Å². The van der Waals surface area contributed by atoms with Crippen molar-refractivity contribution in [3.8, 4) is 5.75 Å². The first-order valence-corrected chi connectivity index (χ1v) is 6.73. The van der Waals surface area contributed by atoms with Gasteiger partial charge in [0.05, 0.1) is 14.2 Å². The maximum Gasteiger partial charge on any atom is 0.325 e. The predicted octanol–water partition coefficient (Wildman–Crippen LogP) is 2.53. The van der Waals surface area contributed by atoms with Crippen LogP contribution >= 0.6 is 0 Å². The molecule has 0 aliphatic carbocycles. The highest BCUT2D eigenvalue weighted by Crippen LogP contribution is 2.41. The molecule has 1 heterocycles. The molecule has 0 amide bonds. The topological polar surface area (TPSA) is 51.1 Å². The van der Waals surface area contributed by atoms with E-state index in [2.05, 4.69) is 13.8 Å². The molecular weight excluding hydrogens is 258 g/mol. The maximum absolute atomic E-state index is 11.8. The van der Waals surface area contributed by atoms with Gasteiger partial charge in [0.25, 0.3) is 0 Å². The lowest BCUT2D eigenvalue weighted by atomic mass is 10.0. The molecule has 1 aliphatic heterocycles. The van der Waals surface area contributed by atoms with Gasteiger partial charge in [-0.1, -0.05) is 26.0 Å². The summed E-state index contributed by atoms with van der Waals surface area (Å²) in [5.41, 5.74) is 1.00. The fourth-order valence-corrected chi connectivity index (χ4v) is 2.19. The highest BCUT2D eigenvalue weighted by molar-refractivity contribution is 5.75. The van der Waals surface area contributed by atoms with E-state index in [9.17, 15) is 4.79 Å². The number of ether oxygens (including phenoxy) is 2. The fraction of sp³-hybridized carbons (Fsp3) is 0.533. The Morgan fingerprint density at radius 2 is 1.95 bits per heavy atom. The number of hydrogen-bond acceptors (Lipinski definition) is 5. The zero-order chi connectivity index (χ0) is 14.7. The van der Waals surface area contributed by atoms with Gasteiger partial charge in [-0.3, -0.25) is 9.63 Å². The lowest BCUT2D eigenvalue weighted by Crippen LogP contribution is -2.31. The normalized spacial score (nSPS) is 22.4. The lowest BCUT2D eigenvalue weighted by Gasteiger charge is -2.15. The van der Waals surface area contributed by atoms with Crippen LogP contribution in [0, 0.1) is 5.92 Å². The van der Waals surface area contributed by atoms with Gasteiger partial charge in [0.2, 0.25) is 0 Å². The molecule has 1 aliphatic rings. The number of rotatable bonds is 6. The molecule has 0 spiro atoms. The Morgan fingerprint density at radius 3 is 2.45 bits per heavy atom. The van der Waals surface area contributed by atoms with E-state index in [0.29, 0.717) is 12.3 Å². The minimum atomic E-state index is -0.355. The smallest absolute Gasteiger partial charge is 0.325 e. The Labute approximate surface area is 119 Å². The van der Waals surface area contributed by atoms with E-state index in [1.54, 1.807) is 12.2 Å². The van der Waals surface area contributed by atoms with Gasteiger partial charge in [-0.15, -0.1) is 5.06 Å². The second-order valence-corrected chi connectivity index (χ2v) is 5.26. The summed E-state index contributed by atoms with van der Waals surface area (Å²) in [6, 6.07) is 7.28. The third-order valence-electron chi connectivity index (χ3n) is 3.28. The molecule has 5 heteroatoms. The molecule has 0 radical (unpaired) electrons. The number of hydroxylamine groups is 2. The lowest BCUT2D eigenvalue weighted by molar-refractivity contribution is -0.148. The van der Waals surface area contributed by atoms with Gasteiger partial charge >= 0.3 is 5.97 Å². The molecule has 0 N–H and O–H groups in total. The van der Waals surface area contributed by atoms with Crippen LogP contribution in [0.25, 0.3) is 0 Å². The average Bonchev–Trinajstić information content (AvgIpc) is 3.24. The monoisotopic (exact) mass is 279 g/mol. The summed E-state index contributed by atoms with van der Waals surface area (Å²) >= 11 is 0. The number of benzene rings is 1. The first-order chi connectivity index (χ1) is 9.56. The number of nitrogens with zero attached hydrogens (tertiary/aromatic N) is 1. The molecule has 0 saturated carbocycles. The molecule has 1 saturated heterocycles. The van der Waals surface area contributed by atoms with Crippen LogP contribution in [0.15, 0.2) is 24.3 Å². The quantitative estimate of drug-likeness (QED) is 0.591. The number of hydrogen-bond donors (Lipinski definition) is 0. The fourth-order valence-electron chi connectivity index (χ4n) is 2.19. The second kappa shape index (κ2) is 6.24. The van der Waals surface area contributed by atoms with Crippen LogP contribution in [0.5, 0.6) is 5.75 Å². The summed E-state index contributed by atoms with van der Waals surface area (Å²) in [5, 5.41) is 1.70. The van der Waals surface area contributed by atoms with Gasteiger partial charge in [0.1, 0.15) is 11.8 Å². The van der Waals surface area contributed by atoms with E-state index in [1.165, 1.54) is 7.11 Å². The first kappa shape index (κ1) is 14.8. The number of carbonyl (C=O) groups is 1. The van der Waals surface area contributed by atoms with E-state index in [-0.39, 0.29) is 18.2 Å². The van der Waals surface area contributed by atoms with E-state index < -0.39 is 0 Å². The van der Waals surface area contributed by atoms with Crippen LogP contribution in [0.3, 0.4) is 0 Å². The van der Waals surface area contributed by atoms with Crippen LogP contribution < -0.4 is 4.74 Å². The highest BCUT2D eigenvalue weighted by Gasteiger charge is 2.47. The molecule has 20 heavy (non-hydrogen) atoms. The summed E-state index contributed by atoms with van der Waals surface area (Å²) in [4.78, 5) is 17.4. The van der Waals surface area contributed by atoms with Crippen LogP contribution in [0.1, 0.15) is 32.1 Å². The molecule has 1 fully saturated rings. The van der Waals surface area contributed by atoms with Gasteiger partial charge in [-0.25, -0.2) is 0 Å². The summed E-state index contributed by atoms with van der Waals surface area (Å²) < 4.78 is 9.98. The maximum atomic E-state index is 11.8. The van der Waals surface area contributed by atoms with Crippen molar-refractivity contribution in [1.29, 1.82) is 0 Å². The van der Waals surface area contributed by atoms with Crippen molar-refractivity contribution in [3.05, 3.63) is 29.8 Å². The zero-order valence-electron chi connectivity index (χ0n) is 12.3. The average molecular weight is 279 g/mol. The number of methoxy groups -OCH3 is 2. The summed E-state index contributed by atoms with van der Waals surface area (Å²) in [5.74, 6) is 0.933. The largest absolute Gasteiger partial charge is 0.497 e. The van der Waals surface area contributed by atoms with Gasteiger partial charge in [0, 0.05) is 0 Å². The first-order valence-electron chi connectivity index (χ1n) is 6.73. The van der Waals surface area contributed by atoms with Crippen LogP contribution in [0.2, 0.25) is 0 Å². The molecule has 1 aromatic rings. The van der Waals surface area contributed by atoms with E-state index >= 15 is 0 Å². The highest BCUT2D eigenvalue weighted by atomic mass is 16.8. The molecule has 5 nitrogen and oxygen atoms in total. The van der Waals surface area contributed by atoms with Crippen LogP contribution in [0.4, 0.5) is 0 Å². The van der Waals surface area contributed by atoms with E-state index in [1.807, 2.05) is 24.3 Å². The Hall–Kier alpha value is -1.59. The number of esters is 1. The Balaban J connectivity index is 2.04. The minimum Gasteiger partial charge on any atom is -0.497 e. The van der Waals surface area contributed by atoms with Crippen molar-refractivity contribution in [2.24, 2.45) is 5.92 Å². The molecule has 1 aromatic carbocycles. The second-order valence-electron chi connectivity index (χ2n) is 5.26. The van der Waals surface area contributed by atoms with Gasteiger partial charge in [0.15, 0.2) is 6.23 Å². The van der Waals surface area contributed by atoms with Crippen molar-refractivity contribution in [3.63, 3.8) is 0 Å². The minimum absolute atomic E-state index is 0.177. The third kappa shape index (κ3) is 3.29. The summed E-state index contributed by atoms with van der Waals surface area (Å²) in [7, 11) is 3.03. The molecule has 0 bridgehead atoms. The van der Waals surface area contributed by atoms with Gasteiger partial charge in [-0.05, 0) is 30.0 Å². The molecule has 3 atom stereocenters. The van der Waals surface area contributed by atoms with Crippen LogP contribution in [-0.2, 0) is 14.4 Å². The van der Waals surface area contributed by atoms with E-state index in [4.69, 9.17) is 14.3 Å². The molecular formula is C15H21NO4. The summed E-state index contributed by atoms with van der Waals surface area (Å²) in [6.45, 7) is 4.14. The van der Waals surface area contributed by atoms with E-state index in [0.717, 1.165) is 11.3 Å². The van der Waals surface area contributed by atoms with Crippen molar-refractivity contribution in [2.45, 2.75) is 32.5 Å². The Morgan fingerprint density at radius 1 is 1.30 bits per heavy atom. The van der Waals surface area contributed by atoms with Crippen molar-refractivity contribution >= 4 is 5.97 Å². The zero-order valence-corrected chi connectivity index (χ0v) is 12.3. The van der Waals surface area contributed by atoms with Crippen molar-refractivity contribution < 1.29 is 19.1 Å². The van der Waals surface area contributed by atoms with Crippen molar-refractivity contribution in [2.75, 3.05) is 14.2 Å².